The van der Waals surface area contributed by atoms with Gasteiger partial charge in [0.05, 0.1) is 19.7 Å². The average Bonchev–Trinajstić information content (AvgIpc) is 1.57. The van der Waals surface area contributed by atoms with Crippen LogP contribution in [0, 0.1) is 0 Å². The maximum absolute atomic E-state index is 12.9. The summed E-state index contributed by atoms with van der Waals surface area (Å²) in [4.78, 5) is 141. The van der Waals surface area contributed by atoms with Gasteiger partial charge in [0.1, 0.15) is 32.6 Å². The van der Waals surface area contributed by atoms with Crippen LogP contribution in [0.2, 0.25) is 0 Å². The number of carboxylic acids is 3. The molecule has 6 atom stereocenters. The fraction of sp³-hybridized carbons (Fsp3) is 0.241. The van der Waals surface area contributed by atoms with Gasteiger partial charge in [-0.15, -0.1) is 58.0 Å². The van der Waals surface area contributed by atoms with E-state index in [0.717, 1.165) is 69.9 Å². The first-order valence-corrected chi connectivity index (χ1v) is 54.6. The topological polar surface area (TPSA) is 290 Å². The van der Waals surface area contributed by atoms with Crippen LogP contribution in [0.3, 0.4) is 0 Å². The number of fused-ring (bicyclic) bond motifs is 15. The van der Waals surface area contributed by atoms with E-state index in [9.17, 15) is 39.0 Å². The molecule has 0 radical (unpaired) electrons. The number of thiophene rings is 2. The van der Waals surface area contributed by atoms with E-state index in [2.05, 4.69) is 282 Å². The molecule has 33 heteroatoms. The van der Waals surface area contributed by atoms with Crippen LogP contribution in [0.25, 0.3) is 94.1 Å². The smallest absolute Gasteiger partial charge is 0.373 e. The number of rotatable bonds is 19. The van der Waals surface area contributed by atoms with Crippen molar-refractivity contribution in [3.63, 3.8) is 0 Å². The molecular formula is C116H111N7O15S11. The number of thiocarbonyl (C=S) groups is 3. The monoisotopic (exact) mass is 2190 g/mol. The molecule has 6 unspecified atom stereocenters. The Morgan fingerprint density at radius 1 is 0.369 bits per heavy atom. The van der Waals surface area contributed by atoms with Gasteiger partial charge in [-0.2, -0.15) is 28.8 Å². The van der Waals surface area contributed by atoms with Crippen molar-refractivity contribution in [1.82, 2.24) is 19.3 Å². The fourth-order valence-corrected chi connectivity index (χ4v) is 28.3. The summed E-state index contributed by atoms with van der Waals surface area (Å²) >= 11 is 28.3. The highest BCUT2D eigenvalue weighted by molar-refractivity contribution is 8.27. The third-order valence-corrected chi connectivity index (χ3v) is 36.0. The van der Waals surface area contributed by atoms with E-state index in [1.54, 1.807) is 35.3 Å². The number of aryl methyl sites for hydroxylation is 1. The van der Waals surface area contributed by atoms with E-state index in [4.69, 9.17) is 70.5 Å². The molecule has 10 aromatic carbocycles. The van der Waals surface area contributed by atoms with Crippen LogP contribution >= 0.6 is 130 Å². The van der Waals surface area contributed by atoms with Gasteiger partial charge >= 0.3 is 36.4 Å². The molecule has 6 fully saturated rings. The second-order valence-electron chi connectivity index (χ2n) is 35.0. The number of aliphatic carboxylic acids is 3. The van der Waals surface area contributed by atoms with Crippen LogP contribution in [-0.2, 0) is 64.6 Å². The zero-order chi connectivity index (χ0) is 100. The quantitative estimate of drug-likeness (QED) is 0.0385. The van der Waals surface area contributed by atoms with E-state index >= 15 is 0 Å². The number of amides is 3. The molecule has 3 saturated carbocycles. The number of carboxylic acid groups (broad SMARTS) is 3. The number of hydrogen-bond donors (Lipinski definition) is 3. The van der Waals surface area contributed by atoms with E-state index in [1.165, 1.54) is 206 Å². The molecule has 13 aromatic rings. The van der Waals surface area contributed by atoms with Crippen LogP contribution in [0.15, 0.2) is 260 Å². The third-order valence-electron chi connectivity index (χ3n) is 27.2. The number of thioether (sulfide) groups is 6. The number of anilines is 6. The van der Waals surface area contributed by atoms with Crippen LogP contribution in [0.5, 0.6) is 0 Å². The highest BCUT2D eigenvalue weighted by atomic mass is 32.2. The lowest BCUT2D eigenvalue weighted by atomic mass is 9.96. The molecule has 3 amide bonds. The van der Waals surface area contributed by atoms with Crippen LogP contribution in [0.4, 0.5) is 33.4 Å². The minimum atomic E-state index is -1.08. The number of hydrogen-bond acceptors (Lipinski definition) is 26. The highest BCUT2D eigenvalue weighted by Crippen LogP contribution is 2.59. The van der Waals surface area contributed by atoms with E-state index in [0.29, 0.717) is 50.6 Å². The standard InChI is InChI=1S/C38H30N2O3S3.C37H31N3O3S3.C32H26N2O3S5.3CO2.6CH4/c1-45-25-13-9-22(10-14-25)17-30-27-6-3-2-5-26(27)28-15-12-24(20-31(28)30)40-33-8-4-7-29(33)32-18-23(11-16-34(32)40)19-35-37(43)39(21-36(41)42)38(44)46-35;1-38-30-14-9-23(22-7-11-25(45-2)12-8-22)18-28(30)29-19-24(10-15-31(29)38)40-32-5-3-4-26(32)27-16-21(6-13-33(27)40)17-34-36(43)39(20-35(41)42)37(44)46-34;1-39-20-8-6-19(7-9-20)25-11-12-26(40-25)27-13-14-29(41-27)34-23-4-2-3-21(23)22-15-18(5-10-24(22)34)16-28-31(37)33(17-30(35)36)32(38)42-28;3*2-1-3;;;;;;/h2-3,5-6,9-20,29,33H,4,7-8,21H2,1H3,(H,41,42);6-19,26,32H,3-5,20H2,1-2H3,(H,41,42);5-16,21,23H,2-4,17H2,1H3,(H,35,36);;;;6*1H4/b30-17+,35-19-;34-17-;28-16-;;;;;;;;;. The Labute approximate surface area is 917 Å². The summed E-state index contributed by atoms with van der Waals surface area (Å²) in [5.74, 6) is -2.97. The zero-order valence-corrected chi connectivity index (χ0v) is 86.0. The van der Waals surface area contributed by atoms with Crippen LogP contribution < -0.4 is 14.7 Å². The van der Waals surface area contributed by atoms with Crippen molar-refractivity contribution in [2.45, 2.75) is 153 Å². The first-order valence-electron chi connectivity index (χ1n) is 45.6. The summed E-state index contributed by atoms with van der Waals surface area (Å²) in [6, 6.07) is 85.2. The Morgan fingerprint density at radius 3 is 1.17 bits per heavy atom. The Balaban J connectivity index is 0.000000187. The number of benzene rings is 10. The predicted molar refractivity (Wildman–Crippen MR) is 624 cm³/mol. The third kappa shape index (κ3) is 23.4. The van der Waals surface area contributed by atoms with Gasteiger partial charge in [-0.3, -0.25) is 43.5 Å². The molecular weight excluding hydrogens is 2080 g/mol. The summed E-state index contributed by atoms with van der Waals surface area (Å²) in [7, 11) is 2.15. The first kappa shape index (κ1) is 115. The lowest BCUT2D eigenvalue weighted by Crippen LogP contribution is -2.33. The minimum absolute atomic E-state index is 0. The maximum Gasteiger partial charge on any atom is 0.373 e. The van der Waals surface area contributed by atoms with Gasteiger partial charge < -0.3 is 34.6 Å². The summed E-state index contributed by atoms with van der Waals surface area (Å²) in [6.45, 7) is -1.25. The van der Waals surface area contributed by atoms with Crippen molar-refractivity contribution in [1.29, 1.82) is 0 Å². The van der Waals surface area contributed by atoms with Crippen molar-refractivity contribution in [2.24, 2.45) is 7.05 Å². The van der Waals surface area contributed by atoms with E-state index in [1.807, 2.05) is 40.9 Å². The lowest BCUT2D eigenvalue weighted by molar-refractivity contribution is -0.193. The highest BCUT2D eigenvalue weighted by Gasteiger charge is 2.47. The number of carbonyl (C=O) groups is 6. The average molecular weight is 2200 g/mol. The largest absolute Gasteiger partial charge is 0.480 e. The molecule has 22 nitrogen and oxygen atoms in total. The molecule has 0 bridgehead atoms. The Morgan fingerprint density at radius 2 is 0.725 bits per heavy atom. The summed E-state index contributed by atoms with van der Waals surface area (Å²) in [5.41, 5.74) is 26.5. The Bertz CT molecular complexity index is 7590. The fourth-order valence-electron chi connectivity index (χ4n) is 21.2. The van der Waals surface area contributed by atoms with Gasteiger partial charge in [-0.1, -0.05) is 227 Å². The van der Waals surface area contributed by atoms with E-state index < -0.39 is 37.5 Å². The van der Waals surface area contributed by atoms with Crippen LogP contribution in [-0.4, -0.2) is 158 Å². The molecule has 9 heterocycles. The summed E-state index contributed by atoms with van der Waals surface area (Å²) in [6.07, 6.45) is 25.3. The molecule has 3 saturated heterocycles. The molecule has 766 valence electrons. The molecule has 3 aromatic heterocycles. The predicted octanol–water partition coefficient (Wildman–Crippen LogP) is 28.9. The zero-order valence-electron chi connectivity index (χ0n) is 77.1. The van der Waals surface area contributed by atoms with Crippen molar-refractivity contribution in [3.8, 4) is 42.4 Å². The molecule has 0 spiro atoms. The SMILES string of the molecule is C.C.C.C.C.C.CSc1ccc(-c2ccc(-c3ccc(N4c5ccc(/C=C6\SC(=S)N(CC(=O)O)C6=O)cc5C5CCCC54)s3)s2)cc1.CSc1ccc(-c2ccc3c(c2)c2cc(N4c5ccc(/C=C6\SC(=S)N(CC(=O)O)C6=O)cc5C5CCCC54)ccc2n3C)cc1.CSc1ccc(/C=C2\c3ccccc3-c3ccc(N4c5ccc(/C=C6\SC(=S)N(CC(=O)O)C6=O)cc5C5CCCC54)cc32)cc1.O=C=O.O=C=O.O=C=O. The molecule has 23 rings (SSSR count). The molecule has 3 N–H and O–H groups in total. The van der Waals surface area contributed by atoms with Gasteiger partial charge in [0.15, 0.2) is 0 Å². The number of carbonyl (C=O) groups excluding carboxylic acids is 9. The van der Waals surface area contributed by atoms with Gasteiger partial charge in [-0.05, 0) is 305 Å². The summed E-state index contributed by atoms with van der Waals surface area (Å²) < 4.78 is 3.14. The number of aromatic nitrogens is 1. The van der Waals surface area contributed by atoms with Gasteiger partial charge in [0.25, 0.3) is 17.7 Å². The molecule has 10 aliphatic rings. The molecule has 149 heavy (non-hydrogen) atoms. The summed E-state index contributed by atoms with van der Waals surface area (Å²) in [5, 5.41) is 31.3. The Kier molecular flexibility index (Phi) is 38.6. The second-order valence-corrected chi connectivity index (χ2v) is 44.8. The van der Waals surface area contributed by atoms with Crippen LogP contribution in [0.1, 0.15) is 170 Å². The van der Waals surface area contributed by atoms with E-state index in [-0.39, 0.29) is 93.7 Å². The van der Waals surface area contributed by atoms with Gasteiger partial charge in [0, 0.05) is 122 Å². The second kappa shape index (κ2) is 50.1. The van der Waals surface area contributed by atoms with Crippen molar-refractivity contribution in [3.05, 3.63) is 295 Å². The van der Waals surface area contributed by atoms with Crippen molar-refractivity contribution < 1.29 is 72.9 Å². The number of nitrogens with zero attached hydrogens (tertiary/aromatic N) is 7. The van der Waals surface area contributed by atoms with Gasteiger partial charge in [-0.25, -0.2) is 0 Å². The molecule has 4 aliphatic carbocycles. The van der Waals surface area contributed by atoms with Gasteiger partial charge in [0.2, 0.25) is 0 Å². The molecule has 6 aliphatic heterocycles. The Hall–Kier alpha value is -12.9. The van der Waals surface area contributed by atoms with Crippen molar-refractivity contribution in [2.75, 3.05) is 53.1 Å². The first-order chi connectivity index (χ1) is 69.3. The van der Waals surface area contributed by atoms with Crippen molar-refractivity contribution >= 4 is 282 Å². The minimum Gasteiger partial charge on any atom is -0.480 e. The lowest BCUT2D eigenvalue weighted by Gasteiger charge is -2.28. The normalized spacial score (nSPS) is 18.7. The maximum atomic E-state index is 12.9.